The summed E-state index contributed by atoms with van der Waals surface area (Å²) in [6.07, 6.45) is 0.579. The first-order valence-electron chi connectivity index (χ1n) is 12.9. The molecule has 1 saturated heterocycles. The fourth-order valence-corrected chi connectivity index (χ4v) is 6.64. The molecule has 0 saturated carbocycles. The predicted octanol–water partition coefficient (Wildman–Crippen LogP) is 3.42. The van der Waals surface area contributed by atoms with E-state index in [2.05, 4.69) is 4.90 Å². The normalized spacial score (nSPS) is 16.0. The lowest BCUT2D eigenvalue weighted by atomic mass is 10.0. The smallest absolute Gasteiger partial charge is 0.253 e. The van der Waals surface area contributed by atoms with Crippen LogP contribution in [0, 0.1) is 0 Å². The number of methoxy groups -OCH3 is 3. The lowest BCUT2D eigenvalue weighted by Crippen LogP contribution is -2.49. The Kier molecular flexibility index (Phi) is 7.67. The molecule has 3 aromatic carbocycles. The van der Waals surface area contributed by atoms with Crippen LogP contribution in [0.3, 0.4) is 0 Å². The van der Waals surface area contributed by atoms with Crippen molar-refractivity contribution < 1.29 is 27.4 Å². The minimum absolute atomic E-state index is 0.00169. The van der Waals surface area contributed by atoms with Crippen molar-refractivity contribution in [2.45, 2.75) is 17.9 Å². The van der Waals surface area contributed by atoms with Gasteiger partial charge in [0.05, 0.1) is 31.9 Å². The highest BCUT2D eigenvalue weighted by atomic mass is 32.2. The Balaban J connectivity index is 1.35. The molecular weight excluding hydrogens is 518 g/mol. The second kappa shape index (κ2) is 11.2. The molecule has 1 amide bonds. The summed E-state index contributed by atoms with van der Waals surface area (Å²) in [7, 11) is 0.960. The van der Waals surface area contributed by atoms with Gasteiger partial charge in [0.2, 0.25) is 10.0 Å². The van der Waals surface area contributed by atoms with Gasteiger partial charge in [0, 0.05) is 44.8 Å². The maximum Gasteiger partial charge on any atom is 0.253 e. The minimum atomic E-state index is -3.77. The number of piperazine rings is 1. The van der Waals surface area contributed by atoms with Crippen LogP contribution in [0.5, 0.6) is 17.2 Å². The molecule has 10 heteroatoms. The zero-order valence-electron chi connectivity index (χ0n) is 22.4. The maximum absolute atomic E-state index is 13.8. The van der Waals surface area contributed by atoms with Crippen LogP contribution in [0.1, 0.15) is 21.5 Å². The van der Waals surface area contributed by atoms with Crippen LogP contribution >= 0.6 is 0 Å². The standard InChI is InChI=1S/C29H33N3O6S/c1-36-26-10-9-24(19-25(26)30-13-15-31(16-14-30)29(33)21-7-5-4-6-8-21)39(34,35)32-12-11-22-17-27(37-2)28(38-3)18-23(22)20-32/h4-10,17-19H,11-16,20H2,1-3H3. The fourth-order valence-electron chi connectivity index (χ4n) is 5.20. The van der Waals surface area contributed by atoms with E-state index in [1.807, 2.05) is 47.4 Å². The molecule has 39 heavy (non-hydrogen) atoms. The summed E-state index contributed by atoms with van der Waals surface area (Å²) in [4.78, 5) is 17.0. The molecule has 1 fully saturated rings. The van der Waals surface area contributed by atoms with Crippen LogP contribution in [0.2, 0.25) is 0 Å². The number of hydrogen-bond acceptors (Lipinski definition) is 7. The zero-order valence-corrected chi connectivity index (χ0v) is 23.2. The van der Waals surface area contributed by atoms with E-state index < -0.39 is 10.0 Å². The molecule has 9 nitrogen and oxygen atoms in total. The quantitative estimate of drug-likeness (QED) is 0.445. The Morgan fingerprint density at radius 2 is 1.38 bits per heavy atom. The molecule has 0 aromatic heterocycles. The average molecular weight is 552 g/mol. The number of nitrogens with zero attached hydrogens (tertiary/aromatic N) is 3. The number of fused-ring (bicyclic) bond motifs is 1. The summed E-state index contributed by atoms with van der Waals surface area (Å²) >= 11 is 0. The Hall–Kier alpha value is -3.76. The summed E-state index contributed by atoms with van der Waals surface area (Å²) in [5, 5.41) is 0. The van der Waals surface area contributed by atoms with Gasteiger partial charge < -0.3 is 24.0 Å². The predicted molar refractivity (Wildman–Crippen MR) is 148 cm³/mol. The number of amides is 1. The molecule has 0 N–H and O–H groups in total. The highest BCUT2D eigenvalue weighted by molar-refractivity contribution is 7.89. The van der Waals surface area contributed by atoms with Gasteiger partial charge in [0.25, 0.3) is 5.91 Å². The topological polar surface area (TPSA) is 88.6 Å². The van der Waals surface area contributed by atoms with Gasteiger partial charge in [-0.3, -0.25) is 4.79 Å². The number of ether oxygens (including phenoxy) is 3. The molecule has 206 valence electrons. The lowest BCUT2D eigenvalue weighted by molar-refractivity contribution is 0.0746. The van der Waals surface area contributed by atoms with Crippen molar-refractivity contribution in [1.29, 1.82) is 0 Å². The van der Waals surface area contributed by atoms with Gasteiger partial charge in [-0.05, 0) is 60.0 Å². The number of benzene rings is 3. The molecule has 2 heterocycles. The van der Waals surface area contributed by atoms with Crippen LogP contribution in [-0.2, 0) is 23.0 Å². The van der Waals surface area contributed by atoms with Gasteiger partial charge in [-0.1, -0.05) is 18.2 Å². The van der Waals surface area contributed by atoms with E-state index in [9.17, 15) is 13.2 Å². The van der Waals surface area contributed by atoms with Crippen LogP contribution in [-0.4, -0.2) is 77.6 Å². The van der Waals surface area contributed by atoms with E-state index in [1.54, 1.807) is 39.5 Å². The van der Waals surface area contributed by atoms with E-state index in [-0.39, 0.29) is 17.3 Å². The molecule has 3 aromatic rings. The maximum atomic E-state index is 13.8. The lowest BCUT2D eigenvalue weighted by Gasteiger charge is -2.37. The number of carbonyl (C=O) groups is 1. The minimum Gasteiger partial charge on any atom is -0.495 e. The zero-order chi connectivity index (χ0) is 27.6. The first-order chi connectivity index (χ1) is 18.8. The van der Waals surface area contributed by atoms with Gasteiger partial charge in [0.1, 0.15) is 5.75 Å². The molecule has 5 rings (SSSR count). The van der Waals surface area contributed by atoms with Gasteiger partial charge in [0.15, 0.2) is 11.5 Å². The number of anilines is 1. The summed E-state index contributed by atoms with van der Waals surface area (Å²) in [5.41, 5.74) is 3.32. The van der Waals surface area contributed by atoms with Crippen molar-refractivity contribution in [3.63, 3.8) is 0 Å². The monoisotopic (exact) mass is 551 g/mol. The summed E-state index contributed by atoms with van der Waals surface area (Å²) in [6.45, 7) is 2.81. The third-order valence-electron chi connectivity index (χ3n) is 7.40. The van der Waals surface area contributed by atoms with Crippen molar-refractivity contribution in [2.75, 3.05) is 59.0 Å². The molecule has 0 spiro atoms. The third-order valence-corrected chi connectivity index (χ3v) is 9.24. The SMILES string of the molecule is COc1cc2c(cc1OC)CN(S(=O)(=O)c1ccc(OC)c(N3CCN(C(=O)c4ccccc4)CC3)c1)CC2. The highest BCUT2D eigenvalue weighted by Gasteiger charge is 2.31. The van der Waals surface area contributed by atoms with Gasteiger partial charge in [-0.15, -0.1) is 0 Å². The second-order valence-corrected chi connectivity index (χ2v) is 11.5. The van der Waals surface area contributed by atoms with Crippen LogP contribution in [0.25, 0.3) is 0 Å². The van der Waals surface area contributed by atoms with E-state index in [0.29, 0.717) is 67.6 Å². The van der Waals surface area contributed by atoms with Gasteiger partial charge in [-0.25, -0.2) is 8.42 Å². The molecular formula is C29H33N3O6S. The number of carbonyl (C=O) groups excluding carboxylic acids is 1. The second-order valence-electron chi connectivity index (χ2n) is 9.54. The fraction of sp³-hybridized carbons (Fsp3) is 0.345. The average Bonchev–Trinajstić information content (AvgIpc) is 2.99. The molecule has 2 aliphatic heterocycles. The van der Waals surface area contributed by atoms with Gasteiger partial charge in [-0.2, -0.15) is 4.31 Å². The number of rotatable bonds is 7. The first kappa shape index (κ1) is 26.8. The Morgan fingerprint density at radius 3 is 2.03 bits per heavy atom. The van der Waals surface area contributed by atoms with Gasteiger partial charge >= 0.3 is 0 Å². The van der Waals surface area contributed by atoms with E-state index in [4.69, 9.17) is 14.2 Å². The van der Waals surface area contributed by atoms with E-state index in [0.717, 1.165) is 11.1 Å². The molecule has 0 aliphatic carbocycles. The molecule has 0 radical (unpaired) electrons. The van der Waals surface area contributed by atoms with Crippen molar-refractivity contribution in [3.8, 4) is 17.2 Å². The van der Waals surface area contributed by atoms with E-state index in [1.165, 1.54) is 4.31 Å². The molecule has 0 bridgehead atoms. The van der Waals surface area contributed by atoms with Crippen LogP contribution in [0.4, 0.5) is 5.69 Å². The third kappa shape index (κ3) is 5.26. The largest absolute Gasteiger partial charge is 0.495 e. The van der Waals surface area contributed by atoms with Crippen LogP contribution in [0.15, 0.2) is 65.6 Å². The number of sulfonamides is 1. The summed E-state index contributed by atoms with van der Waals surface area (Å²) < 4.78 is 45.5. The molecule has 0 unspecified atom stereocenters. The van der Waals surface area contributed by atoms with Crippen molar-refractivity contribution >= 4 is 21.6 Å². The highest BCUT2D eigenvalue weighted by Crippen LogP contribution is 2.36. The molecule has 0 atom stereocenters. The van der Waals surface area contributed by atoms with Crippen molar-refractivity contribution in [3.05, 3.63) is 77.4 Å². The van der Waals surface area contributed by atoms with Crippen LogP contribution < -0.4 is 19.1 Å². The first-order valence-corrected chi connectivity index (χ1v) is 14.3. The Morgan fingerprint density at radius 1 is 0.744 bits per heavy atom. The van der Waals surface area contributed by atoms with E-state index >= 15 is 0 Å². The van der Waals surface area contributed by atoms with Crippen molar-refractivity contribution in [2.24, 2.45) is 0 Å². The summed E-state index contributed by atoms with van der Waals surface area (Å²) in [6, 6.07) is 18.0. The Bertz CT molecular complexity index is 1450. The van der Waals surface area contributed by atoms with Crippen molar-refractivity contribution in [1.82, 2.24) is 9.21 Å². The number of hydrogen-bond donors (Lipinski definition) is 0. The Labute approximate surface area is 229 Å². The molecule has 2 aliphatic rings. The summed E-state index contributed by atoms with van der Waals surface area (Å²) in [5.74, 6) is 1.81.